The maximum Gasteiger partial charge on any atom is 0.414 e. The molecule has 0 saturated heterocycles. The number of amides is 1. The first-order valence-electron chi connectivity index (χ1n) is 8.89. The molecule has 0 heterocycles. The molecular weight excluding hydrogens is 352 g/mol. The van der Waals surface area contributed by atoms with Crippen LogP contribution in [-0.2, 0) is 20.8 Å². The topological polar surface area (TPSA) is 130 Å². The molecule has 0 aromatic heterocycles. The van der Waals surface area contributed by atoms with Crippen molar-refractivity contribution in [1.82, 2.24) is 4.90 Å². The fraction of sp³-hybridized carbons (Fsp3) is 0.526. The molecule has 0 aliphatic carbocycles. The molecule has 0 atom stereocenters. The summed E-state index contributed by atoms with van der Waals surface area (Å²) in [7, 11) is 1.68. The predicted molar refractivity (Wildman–Crippen MR) is 102 cm³/mol. The number of hydrogen-bond donors (Lipinski definition) is 3. The van der Waals surface area contributed by atoms with Crippen molar-refractivity contribution in [3.63, 3.8) is 0 Å². The number of rotatable bonds is 11. The lowest BCUT2D eigenvalue weighted by atomic mass is 10.1. The van der Waals surface area contributed by atoms with Crippen LogP contribution in [0.3, 0.4) is 0 Å². The molecule has 8 heteroatoms. The Bertz CT molecular complexity index is 562. The van der Waals surface area contributed by atoms with E-state index in [1.54, 1.807) is 7.11 Å². The zero-order valence-corrected chi connectivity index (χ0v) is 16.0. The molecule has 0 aliphatic heterocycles. The first-order chi connectivity index (χ1) is 12.8. The number of nitrogens with zero attached hydrogens (tertiary/aromatic N) is 1. The lowest BCUT2D eigenvalue weighted by molar-refractivity contribution is -0.159. The molecule has 0 fully saturated rings. The molecule has 1 rings (SSSR count). The highest BCUT2D eigenvalue weighted by atomic mass is 16.5. The largest absolute Gasteiger partial charge is 0.497 e. The van der Waals surface area contributed by atoms with Gasteiger partial charge in [0.05, 0.1) is 7.11 Å². The van der Waals surface area contributed by atoms with Crippen LogP contribution in [0.2, 0.25) is 0 Å². The van der Waals surface area contributed by atoms with Gasteiger partial charge in [0.2, 0.25) is 5.91 Å². The Morgan fingerprint density at radius 1 is 1.00 bits per heavy atom. The van der Waals surface area contributed by atoms with Crippen molar-refractivity contribution >= 4 is 17.8 Å². The SMILES string of the molecule is CCCN(CCCCC(N)=O)CCc1ccc(OC)cc1.O=C(O)C(=O)O. The number of carboxylic acids is 2. The maximum absolute atomic E-state index is 10.7. The van der Waals surface area contributed by atoms with E-state index < -0.39 is 11.9 Å². The second-order valence-corrected chi connectivity index (χ2v) is 5.97. The van der Waals surface area contributed by atoms with E-state index in [0.29, 0.717) is 6.42 Å². The third kappa shape index (κ3) is 13.3. The first-order valence-corrected chi connectivity index (χ1v) is 8.89. The Labute approximate surface area is 159 Å². The van der Waals surface area contributed by atoms with Crippen LogP contribution in [0.25, 0.3) is 0 Å². The van der Waals surface area contributed by atoms with E-state index >= 15 is 0 Å². The highest BCUT2D eigenvalue weighted by molar-refractivity contribution is 6.27. The van der Waals surface area contributed by atoms with E-state index in [0.717, 1.165) is 51.1 Å². The first kappa shape index (κ1) is 24.4. The van der Waals surface area contributed by atoms with E-state index in [4.69, 9.17) is 30.3 Å². The molecule has 27 heavy (non-hydrogen) atoms. The normalized spacial score (nSPS) is 10.0. The van der Waals surface area contributed by atoms with Crippen LogP contribution < -0.4 is 10.5 Å². The molecule has 0 saturated carbocycles. The van der Waals surface area contributed by atoms with E-state index in [2.05, 4.69) is 24.0 Å². The number of methoxy groups -OCH3 is 1. The predicted octanol–water partition coefficient (Wildman–Crippen LogP) is 1.76. The number of benzene rings is 1. The average molecular weight is 382 g/mol. The Balaban J connectivity index is 0.000000972. The van der Waals surface area contributed by atoms with Crippen molar-refractivity contribution in [2.45, 2.75) is 39.0 Å². The number of unbranched alkanes of at least 4 members (excludes halogenated alkanes) is 1. The monoisotopic (exact) mass is 382 g/mol. The Morgan fingerprint density at radius 3 is 2.04 bits per heavy atom. The van der Waals surface area contributed by atoms with Crippen molar-refractivity contribution in [2.75, 3.05) is 26.7 Å². The minimum Gasteiger partial charge on any atom is -0.497 e. The van der Waals surface area contributed by atoms with E-state index in [9.17, 15) is 4.79 Å². The molecule has 152 valence electrons. The molecule has 0 unspecified atom stereocenters. The number of hydrogen-bond acceptors (Lipinski definition) is 5. The van der Waals surface area contributed by atoms with Crippen LogP contribution >= 0.6 is 0 Å². The highest BCUT2D eigenvalue weighted by Crippen LogP contribution is 2.12. The summed E-state index contributed by atoms with van der Waals surface area (Å²) in [6.45, 7) is 5.39. The van der Waals surface area contributed by atoms with Gasteiger partial charge in [-0.3, -0.25) is 4.79 Å². The van der Waals surface area contributed by atoms with Gasteiger partial charge in [-0.25, -0.2) is 9.59 Å². The van der Waals surface area contributed by atoms with Gasteiger partial charge in [-0.05, 0) is 56.5 Å². The molecule has 0 aliphatic rings. The molecule has 0 spiro atoms. The van der Waals surface area contributed by atoms with Gasteiger partial charge in [-0.15, -0.1) is 0 Å². The summed E-state index contributed by atoms with van der Waals surface area (Å²) < 4.78 is 5.17. The summed E-state index contributed by atoms with van der Waals surface area (Å²) in [5.74, 6) is -2.95. The van der Waals surface area contributed by atoms with Crippen molar-refractivity contribution in [2.24, 2.45) is 5.73 Å². The van der Waals surface area contributed by atoms with Crippen LogP contribution in [0.5, 0.6) is 5.75 Å². The summed E-state index contributed by atoms with van der Waals surface area (Å²) in [6.07, 6.45) is 4.61. The van der Waals surface area contributed by atoms with E-state index in [1.165, 1.54) is 5.56 Å². The molecule has 1 aromatic carbocycles. The summed E-state index contributed by atoms with van der Waals surface area (Å²) in [5.41, 5.74) is 6.49. The van der Waals surface area contributed by atoms with Crippen molar-refractivity contribution < 1.29 is 29.3 Å². The van der Waals surface area contributed by atoms with Gasteiger partial charge >= 0.3 is 11.9 Å². The summed E-state index contributed by atoms with van der Waals surface area (Å²) >= 11 is 0. The maximum atomic E-state index is 10.7. The standard InChI is InChI=1S/C17H28N2O2.C2H2O4/c1-3-12-19(13-5-4-6-17(18)20)14-11-15-7-9-16(21-2)10-8-15;3-1(4)2(5)6/h7-10H,3-6,11-14H2,1-2H3,(H2,18,20);(H,3,4)(H,5,6). The van der Waals surface area contributed by atoms with Crippen LogP contribution in [0.4, 0.5) is 0 Å². The highest BCUT2D eigenvalue weighted by Gasteiger charge is 2.05. The third-order valence-electron chi connectivity index (χ3n) is 3.75. The number of carboxylic acid groups (broad SMARTS) is 2. The fourth-order valence-corrected chi connectivity index (χ4v) is 2.37. The Hall–Kier alpha value is -2.61. The quantitative estimate of drug-likeness (QED) is 0.393. The molecule has 0 radical (unpaired) electrons. The lowest BCUT2D eigenvalue weighted by Crippen LogP contribution is -2.28. The molecule has 8 nitrogen and oxygen atoms in total. The second kappa shape index (κ2) is 14.5. The van der Waals surface area contributed by atoms with Gasteiger partial charge in [-0.2, -0.15) is 0 Å². The van der Waals surface area contributed by atoms with Gasteiger partial charge in [0.25, 0.3) is 0 Å². The van der Waals surface area contributed by atoms with Gasteiger partial charge in [-0.1, -0.05) is 19.1 Å². The number of nitrogens with two attached hydrogens (primary N) is 1. The lowest BCUT2D eigenvalue weighted by Gasteiger charge is -2.21. The van der Waals surface area contributed by atoms with E-state index in [-0.39, 0.29) is 5.91 Å². The smallest absolute Gasteiger partial charge is 0.414 e. The molecular formula is C19H30N2O6. The molecule has 1 amide bonds. The minimum absolute atomic E-state index is 0.199. The second-order valence-electron chi connectivity index (χ2n) is 5.97. The van der Waals surface area contributed by atoms with Crippen LogP contribution in [0, 0.1) is 0 Å². The minimum atomic E-state index is -1.82. The molecule has 0 bridgehead atoms. The zero-order valence-electron chi connectivity index (χ0n) is 16.0. The third-order valence-corrected chi connectivity index (χ3v) is 3.75. The summed E-state index contributed by atoms with van der Waals surface area (Å²) in [5, 5.41) is 14.8. The number of carbonyl (C=O) groups excluding carboxylic acids is 1. The van der Waals surface area contributed by atoms with Crippen molar-refractivity contribution in [1.29, 1.82) is 0 Å². The zero-order chi connectivity index (χ0) is 20.7. The average Bonchev–Trinajstić information content (AvgIpc) is 2.63. The number of aliphatic carboxylic acids is 2. The van der Waals surface area contributed by atoms with Gasteiger partial charge in [0, 0.05) is 13.0 Å². The Kier molecular flexibility index (Phi) is 13.1. The van der Waals surface area contributed by atoms with Crippen LogP contribution in [0.15, 0.2) is 24.3 Å². The fourth-order valence-electron chi connectivity index (χ4n) is 2.37. The van der Waals surface area contributed by atoms with Gasteiger partial charge < -0.3 is 25.6 Å². The molecule has 4 N–H and O–H groups in total. The number of primary amides is 1. The number of carbonyl (C=O) groups is 3. The van der Waals surface area contributed by atoms with Crippen LogP contribution in [0.1, 0.15) is 38.2 Å². The number of ether oxygens (including phenoxy) is 1. The van der Waals surface area contributed by atoms with Crippen molar-refractivity contribution in [3.05, 3.63) is 29.8 Å². The van der Waals surface area contributed by atoms with Gasteiger partial charge in [0.1, 0.15) is 5.75 Å². The van der Waals surface area contributed by atoms with E-state index in [1.807, 2.05) is 12.1 Å². The summed E-state index contributed by atoms with van der Waals surface area (Å²) in [6, 6.07) is 8.25. The summed E-state index contributed by atoms with van der Waals surface area (Å²) in [4.78, 5) is 31.4. The van der Waals surface area contributed by atoms with Crippen molar-refractivity contribution in [3.8, 4) is 5.75 Å². The molecule has 1 aromatic rings. The Morgan fingerprint density at radius 2 is 1.59 bits per heavy atom. The van der Waals surface area contributed by atoms with Gasteiger partial charge in [0.15, 0.2) is 0 Å². The van der Waals surface area contributed by atoms with Crippen LogP contribution in [-0.4, -0.2) is 59.7 Å².